The number of hydrogen-bond acceptors (Lipinski definition) is 4. The van der Waals surface area contributed by atoms with Gasteiger partial charge in [-0.2, -0.15) is 0 Å². The van der Waals surface area contributed by atoms with E-state index in [2.05, 4.69) is 4.98 Å². The molecular weight excluding hydrogens is 336 g/mol. The summed E-state index contributed by atoms with van der Waals surface area (Å²) in [5, 5.41) is 0. The molecule has 0 spiro atoms. The fourth-order valence-corrected chi connectivity index (χ4v) is 3.17. The Labute approximate surface area is 157 Å². The van der Waals surface area contributed by atoms with Crippen molar-refractivity contribution in [3.63, 3.8) is 0 Å². The lowest BCUT2D eigenvalue weighted by Crippen LogP contribution is -2.07. The molecule has 4 heteroatoms. The van der Waals surface area contributed by atoms with E-state index in [1.165, 1.54) is 5.56 Å². The number of fused-ring (bicyclic) bond motifs is 1. The average Bonchev–Trinajstić information content (AvgIpc) is 3.18. The van der Waals surface area contributed by atoms with E-state index in [9.17, 15) is 4.79 Å². The molecule has 0 aliphatic heterocycles. The highest BCUT2D eigenvalue weighted by molar-refractivity contribution is 5.85. The van der Waals surface area contributed by atoms with E-state index < -0.39 is 0 Å². The van der Waals surface area contributed by atoms with Crippen molar-refractivity contribution < 1.29 is 9.21 Å². The van der Waals surface area contributed by atoms with E-state index in [1.807, 2.05) is 68.4 Å². The van der Waals surface area contributed by atoms with E-state index in [0.29, 0.717) is 18.6 Å². The van der Waals surface area contributed by atoms with Crippen molar-refractivity contribution in [2.45, 2.75) is 26.7 Å². The highest BCUT2D eigenvalue weighted by Gasteiger charge is 2.12. The third-order valence-corrected chi connectivity index (χ3v) is 4.58. The minimum absolute atomic E-state index is 0.185. The van der Waals surface area contributed by atoms with E-state index in [1.54, 1.807) is 6.26 Å². The lowest BCUT2D eigenvalue weighted by molar-refractivity contribution is -0.117. The summed E-state index contributed by atoms with van der Waals surface area (Å²) in [7, 11) is 0. The first-order valence-electron chi connectivity index (χ1n) is 8.97. The summed E-state index contributed by atoms with van der Waals surface area (Å²) in [6.45, 7) is 3.96. The average molecular weight is 356 g/mol. The Bertz CT molecular complexity index is 1100. The Kier molecular flexibility index (Phi) is 4.55. The topological polar surface area (TPSA) is 56.0 Å². The molecule has 0 aliphatic rings. The van der Waals surface area contributed by atoms with Gasteiger partial charge in [0.05, 0.1) is 23.0 Å². The zero-order valence-electron chi connectivity index (χ0n) is 15.4. The molecule has 0 saturated carbocycles. The Morgan fingerprint density at radius 3 is 2.37 bits per heavy atom. The van der Waals surface area contributed by atoms with Gasteiger partial charge in [0.25, 0.3) is 0 Å². The predicted molar refractivity (Wildman–Crippen MR) is 106 cm³/mol. The van der Waals surface area contributed by atoms with Crippen LogP contribution in [0.1, 0.15) is 22.4 Å². The Morgan fingerprint density at radius 1 is 0.889 bits per heavy atom. The molecule has 0 saturated heterocycles. The van der Waals surface area contributed by atoms with Crippen molar-refractivity contribution >= 4 is 16.8 Å². The third-order valence-electron chi connectivity index (χ3n) is 4.58. The van der Waals surface area contributed by atoms with Crippen LogP contribution in [0, 0.1) is 13.8 Å². The normalized spacial score (nSPS) is 11.0. The zero-order valence-corrected chi connectivity index (χ0v) is 15.4. The number of benzene rings is 2. The Hall–Kier alpha value is -3.27. The Balaban J connectivity index is 1.58. The maximum Gasteiger partial charge on any atom is 0.154 e. The van der Waals surface area contributed by atoms with Crippen LogP contribution in [-0.4, -0.2) is 15.8 Å². The molecule has 0 fully saturated rings. The van der Waals surface area contributed by atoms with E-state index in [0.717, 1.165) is 33.5 Å². The molecule has 0 amide bonds. The number of rotatable bonds is 5. The highest BCUT2D eigenvalue weighted by Crippen LogP contribution is 2.24. The minimum atomic E-state index is 0.185. The van der Waals surface area contributed by atoms with Gasteiger partial charge in [-0.15, -0.1) is 0 Å². The van der Waals surface area contributed by atoms with Crippen LogP contribution in [0.5, 0.6) is 0 Å². The van der Waals surface area contributed by atoms with Crippen LogP contribution < -0.4 is 0 Å². The van der Waals surface area contributed by atoms with Crippen LogP contribution >= 0.6 is 0 Å². The van der Waals surface area contributed by atoms with Gasteiger partial charge in [-0.05, 0) is 49.2 Å². The molecule has 2 aromatic heterocycles. The van der Waals surface area contributed by atoms with E-state index in [-0.39, 0.29) is 5.78 Å². The largest absolute Gasteiger partial charge is 0.463 e. The second-order valence-corrected chi connectivity index (χ2v) is 6.84. The highest BCUT2D eigenvalue weighted by atomic mass is 16.3. The number of hydrogen-bond donors (Lipinski definition) is 0. The molecule has 2 heterocycles. The third kappa shape index (κ3) is 3.80. The summed E-state index contributed by atoms with van der Waals surface area (Å²) in [6.07, 6.45) is 2.45. The molecule has 0 atom stereocenters. The standard InChI is InChI=1S/C23H20N2O2/c1-15-5-7-17(8-6-15)12-19(26)13-18-9-10-20-21(14-18)25-23(16(2)24-20)22-4-3-11-27-22/h3-11,14H,12-13H2,1-2H3. The predicted octanol–water partition coefficient (Wildman–Crippen LogP) is 4.86. The van der Waals surface area contributed by atoms with E-state index >= 15 is 0 Å². The van der Waals surface area contributed by atoms with Gasteiger partial charge >= 0.3 is 0 Å². The molecule has 0 radical (unpaired) electrons. The molecule has 4 rings (SSSR count). The van der Waals surface area contributed by atoms with Crippen molar-refractivity contribution in [3.8, 4) is 11.5 Å². The smallest absolute Gasteiger partial charge is 0.154 e. The molecule has 4 aromatic rings. The zero-order chi connectivity index (χ0) is 18.8. The first-order valence-corrected chi connectivity index (χ1v) is 8.97. The molecule has 0 unspecified atom stereocenters. The van der Waals surface area contributed by atoms with Crippen molar-refractivity contribution in [2.24, 2.45) is 0 Å². The van der Waals surface area contributed by atoms with Crippen molar-refractivity contribution in [2.75, 3.05) is 0 Å². The van der Waals surface area contributed by atoms with Crippen LogP contribution in [0.4, 0.5) is 0 Å². The molecule has 4 nitrogen and oxygen atoms in total. The summed E-state index contributed by atoms with van der Waals surface area (Å²) >= 11 is 0. The second-order valence-electron chi connectivity index (χ2n) is 6.84. The Morgan fingerprint density at radius 2 is 1.63 bits per heavy atom. The van der Waals surface area contributed by atoms with Gasteiger partial charge in [0.15, 0.2) is 5.76 Å². The number of aromatic nitrogens is 2. The van der Waals surface area contributed by atoms with Gasteiger partial charge in [-0.1, -0.05) is 35.9 Å². The lowest BCUT2D eigenvalue weighted by Gasteiger charge is -2.07. The van der Waals surface area contributed by atoms with Crippen LogP contribution in [0.25, 0.3) is 22.5 Å². The van der Waals surface area contributed by atoms with Gasteiger partial charge in [-0.3, -0.25) is 4.79 Å². The summed E-state index contributed by atoms with van der Waals surface area (Å²) in [4.78, 5) is 21.8. The van der Waals surface area contributed by atoms with Crippen LogP contribution in [0.15, 0.2) is 65.3 Å². The molecule has 0 aliphatic carbocycles. The molecular formula is C23H20N2O2. The number of ketones is 1. The van der Waals surface area contributed by atoms with Gasteiger partial charge in [0.2, 0.25) is 0 Å². The molecule has 134 valence electrons. The summed E-state index contributed by atoms with van der Waals surface area (Å²) in [6, 6.07) is 17.6. The van der Waals surface area contributed by atoms with Gasteiger partial charge < -0.3 is 4.42 Å². The maximum atomic E-state index is 12.5. The van der Waals surface area contributed by atoms with E-state index in [4.69, 9.17) is 9.40 Å². The number of Topliss-reactive ketones (excluding diaryl/α,β-unsaturated/α-hetero) is 1. The maximum absolute atomic E-state index is 12.5. The lowest BCUT2D eigenvalue weighted by atomic mass is 10.0. The fraction of sp³-hybridized carbons (Fsp3) is 0.174. The minimum Gasteiger partial charge on any atom is -0.463 e. The van der Waals surface area contributed by atoms with Crippen LogP contribution in [0.2, 0.25) is 0 Å². The second kappa shape index (κ2) is 7.16. The van der Waals surface area contributed by atoms with Gasteiger partial charge in [-0.25, -0.2) is 9.97 Å². The number of carbonyl (C=O) groups excluding carboxylic acids is 1. The number of nitrogens with zero attached hydrogens (tertiary/aromatic N) is 2. The first kappa shape index (κ1) is 17.2. The monoisotopic (exact) mass is 356 g/mol. The fourth-order valence-electron chi connectivity index (χ4n) is 3.17. The first-order chi connectivity index (χ1) is 13.1. The molecule has 2 aromatic carbocycles. The van der Waals surface area contributed by atoms with Gasteiger partial charge in [0, 0.05) is 12.8 Å². The quantitative estimate of drug-likeness (QED) is 0.512. The van der Waals surface area contributed by atoms with Crippen LogP contribution in [0.3, 0.4) is 0 Å². The summed E-state index contributed by atoms with van der Waals surface area (Å²) in [5.41, 5.74) is 6.33. The molecule has 0 N–H and O–H groups in total. The number of carbonyl (C=O) groups is 1. The van der Waals surface area contributed by atoms with Crippen LogP contribution in [-0.2, 0) is 17.6 Å². The molecule has 0 bridgehead atoms. The number of aryl methyl sites for hydroxylation is 2. The number of furan rings is 1. The van der Waals surface area contributed by atoms with Crippen molar-refractivity contribution in [3.05, 3.63) is 83.2 Å². The van der Waals surface area contributed by atoms with Crippen molar-refractivity contribution in [1.82, 2.24) is 9.97 Å². The molecule has 27 heavy (non-hydrogen) atoms. The van der Waals surface area contributed by atoms with Crippen molar-refractivity contribution in [1.29, 1.82) is 0 Å². The summed E-state index contributed by atoms with van der Waals surface area (Å²) in [5.74, 6) is 0.882. The van der Waals surface area contributed by atoms with Gasteiger partial charge in [0.1, 0.15) is 11.5 Å². The SMILES string of the molecule is Cc1ccc(CC(=O)Cc2ccc3nc(C)c(-c4ccco4)nc3c2)cc1. The summed E-state index contributed by atoms with van der Waals surface area (Å²) < 4.78 is 5.46.